The second kappa shape index (κ2) is 7.82. The van der Waals surface area contributed by atoms with Crippen LogP contribution in [-0.2, 0) is 4.74 Å². The van der Waals surface area contributed by atoms with Gasteiger partial charge in [-0.05, 0) is 49.4 Å². The lowest BCUT2D eigenvalue weighted by Crippen LogP contribution is -2.15. The average Bonchev–Trinajstić information content (AvgIpc) is 2.94. The third kappa shape index (κ3) is 5.06. The van der Waals surface area contributed by atoms with E-state index in [-0.39, 0.29) is 0 Å². The van der Waals surface area contributed by atoms with E-state index in [2.05, 4.69) is 29.5 Å². The summed E-state index contributed by atoms with van der Waals surface area (Å²) in [6.07, 6.45) is 2.59. The summed E-state index contributed by atoms with van der Waals surface area (Å²) in [5.74, 6) is 1.57. The first-order valence-corrected chi connectivity index (χ1v) is 7.89. The molecule has 1 aliphatic heterocycles. The van der Waals surface area contributed by atoms with Gasteiger partial charge in [-0.25, -0.2) is 4.79 Å². The molecule has 1 aromatic rings. The molecular weight excluding hydrogens is 278 g/mol. The third-order valence-corrected chi connectivity index (χ3v) is 3.55. The first kappa shape index (κ1) is 16.3. The molecule has 0 saturated carbocycles. The molecule has 0 spiro atoms. The van der Waals surface area contributed by atoms with Gasteiger partial charge in [-0.1, -0.05) is 13.8 Å². The highest BCUT2D eigenvalue weighted by atomic mass is 16.5. The highest BCUT2D eigenvalue weighted by Crippen LogP contribution is 2.21. The first-order chi connectivity index (χ1) is 10.5. The van der Waals surface area contributed by atoms with E-state index >= 15 is 0 Å². The van der Waals surface area contributed by atoms with Crippen LogP contribution in [0.15, 0.2) is 23.2 Å². The molecule has 5 heteroatoms. The number of nitrogens with one attached hydrogen (secondary N) is 2. The lowest BCUT2D eigenvalue weighted by atomic mass is 10.1. The fraction of sp³-hybridized carbons (Fsp3) is 0.529. The molecule has 2 rings (SSSR count). The van der Waals surface area contributed by atoms with Crippen molar-refractivity contribution >= 4 is 23.3 Å². The van der Waals surface area contributed by atoms with Crippen molar-refractivity contribution in [2.24, 2.45) is 10.9 Å². The molecule has 2 N–H and O–H groups in total. The fourth-order valence-corrected chi connectivity index (χ4v) is 2.22. The number of carbonyl (C=O) groups excluding carboxylic acids is 1. The summed E-state index contributed by atoms with van der Waals surface area (Å²) in [7, 11) is 0. The van der Waals surface area contributed by atoms with Gasteiger partial charge in [0.1, 0.15) is 5.84 Å². The normalized spacial score (nSPS) is 13.9. The highest BCUT2D eigenvalue weighted by molar-refractivity contribution is 5.97. The van der Waals surface area contributed by atoms with Crippen LogP contribution < -0.4 is 10.6 Å². The van der Waals surface area contributed by atoms with Crippen LogP contribution >= 0.6 is 0 Å². The molecule has 0 aromatic heterocycles. The maximum absolute atomic E-state index is 11.7. The van der Waals surface area contributed by atoms with Crippen LogP contribution in [0.3, 0.4) is 0 Å². The molecule has 1 amide bonds. The van der Waals surface area contributed by atoms with Crippen LogP contribution in [-0.4, -0.2) is 25.1 Å². The number of nitrogens with zero attached hydrogens (tertiary/aromatic N) is 1. The van der Waals surface area contributed by atoms with Crippen LogP contribution in [0.25, 0.3) is 0 Å². The number of aryl methyl sites for hydroxylation is 1. The number of ether oxygens (including phenoxy) is 1. The van der Waals surface area contributed by atoms with Crippen LogP contribution in [0.4, 0.5) is 16.2 Å². The molecule has 1 aliphatic rings. The maximum atomic E-state index is 11.7. The number of hydrogen-bond acceptors (Lipinski definition) is 4. The number of benzene rings is 1. The summed E-state index contributed by atoms with van der Waals surface area (Å²) in [6, 6.07) is 5.76. The van der Waals surface area contributed by atoms with Crippen molar-refractivity contribution < 1.29 is 9.53 Å². The number of aliphatic imine (C=N–C) groups is 1. The zero-order chi connectivity index (χ0) is 15.9. The quantitative estimate of drug-likeness (QED) is 0.857. The monoisotopic (exact) mass is 303 g/mol. The predicted molar refractivity (Wildman–Crippen MR) is 90.8 cm³/mol. The second-order valence-electron chi connectivity index (χ2n) is 6.03. The largest absolute Gasteiger partial charge is 0.449 e. The third-order valence-electron chi connectivity index (χ3n) is 3.55. The molecule has 1 aromatic carbocycles. The zero-order valence-corrected chi connectivity index (χ0v) is 13.6. The van der Waals surface area contributed by atoms with Gasteiger partial charge in [0.05, 0.1) is 6.61 Å². The molecule has 0 atom stereocenters. The SMILES string of the molecule is Cc1cc(NC(=O)OCCC(C)C)ccc1NC1=NCCC1. The Kier molecular flexibility index (Phi) is 5.81. The van der Waals surface area contributed by atoms with Crippen LogP contribution in [0, 0.1) is 12.8 Å². The van der Waals surface area contributed by atoms with Gasteiger partial charge in [0.15, 0.2) is 0 Å². The molecule has 5 nitrogen and oxygen atoms in total. The number of carbonyl (C=O) groups is 1. The second-order valence-corrected chi connectivity index (χ2v) is 6.03. The molecule has 1 heterocycles. The lowest BCUT2D eigenvalue weighted by Gasteiger charge is -2.12. The van der Waals surface area contributed by atoms with E-state index in [9.17, 15) is 4.79 Å². The summed E-state index contributed by atoms with van der Waals surface area (Å²) in [5, 5.41) is 6.10. The Labute approximate surface area is 132 Å². The lowest BCUT2D eigenvalue weighted by molar-refractivity contribution is 0.155. The Bertz CT molecular complexity index is 553. The molecule has 0 fully saturated rings. The Morgan fingerprint density at radius 3 is 2.86 bits per heavy atom. The summed E-state index contributed by atoms with van der Waals surface area (Å²) >= 11 is 0. The van der Waals surface area contributed by atoms with Crippen LogP contribution in [0.2, 0.25) is 0 Å². The standard InChI is InChI=1S/C17H25N3O2/c1-12(2)8-10-22-17(21)19-14-6-7-15(13(3)11-14)20-16-5-4-9-18-16/h6-7,11-12H,4-5,8-10H2,1-3H3,(H,18,20)(H,19,21). The van der Waals surface area contributed by atoms with Crippen molar-refractivity contribution in [3.63, 3.8) is 0 Å². The van der Waals surface area contributed by atoms with E-state index in [0.29, 0.717) is 12.5 Å². The predicted octanol–water partition coefficient (Wildman–Crippen LogP) is 4.19. The number of amidine groups is 1. The van der Waals surface area contributed by atoms with Crippen LogP contribution in [0.1, 0.15) is 38.7 Å². The molecule has 0 saturated heterocycles. The molecule has 0 aliphatic carbocycles. The number of hydrogen-bond donors (Lipinski definition) is 2. The van der Waals surface area contributed by atoms with Gasteiger partial charge in [0, 0.05) is 24.3 Å². The van der Waals surface area contributed by atoms with Gasteiger partial charge in [0.2, 0.25) is 0 Å². The van der Waals surface area contributed by atoms with Crippen LogP contribution in [0.5, 0.6) is 0 Å². The van der Waals surface area contributed by atoms with Gasteiger partial charge >= 0.3 is 6.09 Å². The van der Waals surface area contributed by atoms with Gasteiger partial charge in [-0.3, -0.25) is 10.3 Å². The summed E-state index contributed by atoms with van der Waals surface area (Å²) in [6.45, 7) is 7.56. The summed E-state index contributed by atoms with van der Waals surface area (Å²) < 4.78 is 5.15. The highest BCUT2D eigenvalue weighted by Gasteiger charge is 2.09. The first-order valence-electron chi connectivity index (χ1n) is 7.89. The Balaban J connectivity index is 1.87. The smallest absolute Gasteiger partial charge is 0.411 e. The minimum Gasteiger partial charge on any atom is -0.449 e. The van der Waals surface area contributed by atoms with E-state index in [4.69, 9.17) is 4.74 Å². The van der Waals surface area contributed by atoms with Crippen molar-refractivity contribution in [1.29, 1.82) is 0 Å². The fourth-order valence-electron chi connectivity index (χ4n) is 2.22. The molecule has 0 bridgehead atoms. The average molecular weight is 303 g/mol. The Hall–Kier alpha value is -2.04. The van der Waals surface area contributed by atoms with Gasteiger partial charge in [0.25, 0.3) is 0 Å². The summed E-state index contributed by atoms with van der Waals surface area (Å²) in [5.41, 5.74) is 2.83. The van der Waals surface area contributed by atoms with E-state index in [1.54, 1.807) is 0 Å². The number of amides is 1. The molecule has 22 heavy (non-hydrogen) atoms. The van der Waals surface area contributed by atoms with E-state index in [1.165, 1.54) is 0 Å². The summed E-state index contributed by atoms with van der Waals surface area (Å²) in [4.78, 5) is 16.1. The van der Waals surface area contributed by atoms with Crippen molar-refractivity contribution in [2.75, 3.05) is 23.8 Å². The topological polar surface area (TPSA) is 62.7 Å². The van der Waals surface area contributed by atoms with E-state index in [1.807, 2.05) is 25.1 Å². The van der Waals surface area contributed by atoms with Gasteiger partial charge in [-0.2, -0.15) is 0 Å². The van der Waals surface area contributed by atoms with Gasteiger partial charge in [-0.15, -0.1) is 0 Å². The molecule has 0 radical (unpaired) electrons. The van der Waals surface area contributed by atoms with Crippen molar-refractivity contribution in [2.45, 2.75) is 40.0 Å². The Morgan fingerprint density at radius 2 is 2.23 bits per heavy atom. The minimum absolute atomic E-state index is 0.402. The van der Waals surface area contributed by atoms with Gasteiger partial charge < -0.3 is 10.1 Å². The molecule has 0 unspecified atom stereocenters. The van der Waals surface area contributed by atoms with Crippen molar-refractivity contribution in [1.82, 2.24) is 0 Å². The zero-order valence-electron chi connectivity index (χ0n) is 13.6. The Morgan fingerprint density at radius 1 is 1.41 bits per heavy atom. The van der Waals surface area contributed by atoms with E-state index in [0.717, 1.165) is 48.6 Å². The number of anilines is 2. The molecule has 120 valence electrons. The maximum Gasteiger partial charge on any atom is 0.411 e. The minimum atomic E-state index is -0.402. The number of rotatable bonds is 5. The van der Waals surface area contributed by atoms with Crippen molar-refractivity contribution in [3.05, 3.63) is 23.8 Å². The van der Waals surface area contributed by atoms with E-state index < -0.39 is 6.09 Å². The molecular formula is C17H25N3O2. The van der Waals surface area contributed by atoms with Crippen molar-refractivity contribution in [3.8, 4) is 0 Å².